The zero-order chi connectivity index (χ0) is 9.26. The lowest BCUT2D eigenvalue weighted by molar-refractivity contribution is 1.14. The van der Waals surface area contributed by atoms with Crippen LogP contribution in [0.5, 0.6) is 0 Å². The lowest BCUT2D eigenvalue weighted by atomic mass is 10.2. The van der Waals surface area contributed by atoms with E-state index in [2.05, 4.69) is 9.97 Å². The Hall–Kier alpha value is -1.42. The number of H-pyrrole nitrogens is 1. The number of hydrogen-bond donors (Lipinski definition) is 1. The fourth-order valence-corrected chi connectivity index (χ4v) is 1.87. The van der Waals surface area contributed by atoms with Crippen molar-refractivity contribution in [1.29, 1.82) is 0 Å². The summed E-state index contributed by atoms with van der Waals surface area (Å²) in [5.41, 5.74) is 1.29. The van der Waals surface area contributed by atoms with Crippen LogP contribution < -0.4 is 5.56 Å². The Balaban J connectivity index is 2.66. The Kier molecular flexibility index (Phi) is 1.98. The van der Waals surface area contributed by atoms with E-state index in [4.69, 9.17) is 0 Å². The maximum absolute atomic E-state index is 11.4. The summed E-state index contributed by atoms with van der Waals surface area (Å²) in [7, 11) is 0. The van der Waals surface area contributed by atoms with Crippen LogP contribution in [0, 0.1) is 6.92 Å². The fourth-order valence-electron chi connectivity index (χ4n) is 1.17. The quantitative estimate of drug-likeness (QED) is 0.749. The van der Waals surface area contributed by atoms with Gasteiger partial charge in [-0.05, 0) is 18.4 Å². The van der Waals surface area contributed by atoms with Crippen molar-refractivity contribution in [2.24, 2.45) is 0 Å². The summed E-state index contributed by atoms with van der Waals surface area (Å²) in [6.45, 7) is 1.98. The fraction of sp³-hybridized carbons (Fsp3) is 0.111. The standard InChI is InChI=1S/C9H8N2OS/c1-6-7(2-5-13-6)8-9(12)11-4-3-10-8/h2-5H,1H3,(H,11,12). The van der Waals surface area contributed by atoms with Gasteiger partial charge in [0.2, 0.25) is 0 Å². The van der Waals surface area contributed by atoms with Gasteiger partial charge >= 0.3 is 0 Å². The third kappa shape index (κ3) is 1.40. The first kappa shape index (κ1) is 8.19. The Morgan fingerprint density at radius 3 is 3.00 bits per heavy atom. The molecule has 0 aliphatic heterocycles. The first-order valence-corrected chi connectivity index (χ1v) is 4.75. The summed E-state index contributed by atoms with van der Waals surface area (Å²) in [4.78, 5) is 19.1. The van der Waals surface area contributed by atoms with Crippen LogP contribution in [0.1, 0.15) is 4.88 Å². The van der Waals surface area contributed by atoms with Crippen molar-refractivity contribution in [3.05, 3.63) is 39.1 Å². The lowest BCUT2D eigenvalue weighted by Gasteiger charge is -1.95. The molecule has 4 heteroatoms. The van der Waals surface area contributed by atoms with Crippen LogP contribution in [0.15, 0.2) is 28.6 Å². The van der Waals surface area contributed by atoms with E-state index in [1.807, 2.05) is 18.4 Å². The van der Waals surface area contributed by atoms with E-state index in [-0.39, 0.29) is 5.56 Å². The molecule has 0 radical (unpaired) electrons. The van der Waals surface area contributed by atoms with E-state index in [1.165, 1.54) is 6.20 Å². The third-order valence-corrected chi connectivity index (χ3v) is 2.67. The second-order valence-electron chi connectivity index (χ2n) is 2.66. The molecule has 2 rings (SSSR count). The van der Waals surface area contributed by atoms with Gasteiger partial charge in [-0.1, -0.05) is 0 Å². The zero-order valence-electron chi connectivity index (χ0n) is 7.07. The van der Waals surface area contributed by atoms with Crippen LogP contribution >= 0.6 is 11.3 Å². The van der Waals surface area contributed by atoms with E-state index < -0.39 is 0 Å². The molecule has 0 amide bonds. The molecule has 13 heavy (non-hydrogen) atoms. The summed E-state index contributed by atoms with van der Waals surface area (Å²) >= 11 is 1.62. The minimum absolute atomic E-state index is 0.135. The highest BCUT2D eigenvalue weighted by molar-refractivity contribution is 7.10. The smallest absolute Gasteiger partial charge is 0.274 e. The molecule has 0 saturated carbocycles. The lowest BCUT2D eigenvalue weighted by Crippen LogP contribution is -2.09. The number of thiophene rings is 1. The number of aryl methyl sites for hydroxylation is 1. The number of nitrogens with one attached hydrogen (secondary N) is 1. The summed E-state index contributed by atoms with van der Waals surface area (Å²) < 4.78 is 0. The van der Waals surface area contributed by atoms with Gasteiger partial charge in [-0.15, -0.1) is 11.3 Å². The summed E-state index contributed by atoms with van der Waals surface area (Å²) in [5.74, 6) is 0. The average molecular weight is 192 g/mol. The molecule has 0 bridgehead atoms. The zero-order valence-corrected chi connectivity index (χ0v) is 7.89. The normalized spacial score (nSPS) is 10.2. The van der Waals surface area contributed by atoms with Crippen LogP contribution in [0.25, 0.3) is 11.3 Å². The van der Waals surface area contributed by atoms with Crippen molar-refractivity contribution in [1.82, 2.24) is 9.97 Å². The van der Waals surface area contributed by atoms with Crippen LogP contribution in [-0.2, 0) is 0 Å². The number of nitrogens with zero attached hydrogens (tertiary/aromatic N) is 1. The maximum atomic E-state index is 11.4. The van der Waals surface area contributed by atoms with E-state index in [9.17, 15) is 4.79 Å². The number of hydrogen-bond acceptors (Lipinski definition) is 3. The van der Waals surface area contributed by atoms with Crippen LogP contribution in [0.4, 0.5) is 0 Å². The van der Waals surface area contributed by atoms with Gasteiger partial charge in [-0.2, -0.15) is 0 Å². The molecule has 0 spiro atoms. The van der Waals surface area contributed by atoms with Gasteiger partial charge in [0.1, 0.15) is 5.69 Å². The minimum Gasteiger partial charge on any atom is -0.326 e. The molecule has 0 aromatic carbocycles. The van der Waals surface area contributed by atoms with Crippen molar-refractivity contribution in [2.45, 2.75) is 6.92 Å². The topological polar surface area (TPSA) is 45.8 Å². The van der Waals surface area contributed by atoms with E-state index in [1.54, 1.807) is 17.5 Å². The molecule has 0 fully saturated rings. The average Bonchev–Trinajstić information content (AvgIpc) is 2.52. The highest BCUT2D eigenvalue weighted by atomic mass is 32.1. The molecular weight excluding hydrogens is 184 g/mol. The maximum Gasteiger partial charge on any atom is 0.274 e. The molecule has 0 atom stereocenters. The summed E-state index contributed by atoms with van der Waals surface area (Å²) in [5, 5.41) is 1.96. The van der Waals surface area contributed by atoms with Crippen molar-refractivity contribution >= 4 is 11.3 Å². The largest absolute Gasteiger partial charge is 0.326 e. The number of rotatable bonds is 1. The summed E-state index contributed by atoms with van der Waals surface area (Å²) in [6.07, 6.45) is 3.13. The van der Waals surface area contributed by atoms with Crippen LogP contribution in [0.2, 0.25) is 0 Å². The summed E-state index contributed by atoms with van der Waals surface area (Å²) in [6, 6.07) is 1.91. The first-order chi connectivity index (χ1) is 6.29. The molecule has 66 valence electrons. The molecule has 0 aliphatic rings. The predicted octanol–water partition coefficient (Wildman–Crippen LogP) is 1.81. The Labute approximate surface area is 79.1 Å². The van der Waals surface area contributed by atoms with E-state index in [0.29, 0.717) is 5.69 Å². The SMILES string of the molecule is Cc1sccc1-c1ncc[nH]c1=O. The highest BCUT2D eigenvalue weighted by Gasteiger charge is 2.07. The van der Waals surface area contributed by atoms with Gasteiger partial charge in [0, 0.05) is 22.8 Å². The second kappa shape index (κ2) is 3.14. The van der Waals surface area contributed by atoms with Gasteiger partial charge in [0.05, 0.1) is 0 Å². The van der Waals surface area contributed by atoms with Crippen LogP contribution in [0.3, 0.4) is 0 Å². The molecular formula is C9H8N2OS. The van der Waals surface area contributed by atoms with Gasteiger partial charge < -0.3 is 4.98 Å². The predicted molar refractivity (Wildman–Crippen MR) is 52.9 cm³/mol. The van der Waals surface area contributed by atoms with Crippen molar-refractivity contribution in [3.63, 3.8) is 0 Å². The van der Waals surface area contributed by atoms with Gasteiger partial charge in [-0.3, -0.25) is 4.79 Å². The minimum atomic E-state index is -0.135. The Bertz CT molecular complexity index is 472. The van der Waals surface area contributed by atoms with Crippen LogP contribution in [-0.4, -0.2) is 9.97 Å². The highest BCUT2D eigenvalue weighted by Crippen LogP contribution is 2.22. The molecule has 2 heterocycles. The van der Waals surface area contributed by atoms with Crippen molar-refractivity contribution in [2.75, 3.05) is 0 Å². The Morgan fingerprint density at radius 2 is 2.38 bits per heavy atom. The number of aromatic nitrogens is 2. The van der Waals surface area contributed by atoms with E-state index >= 15 is 0 Å². The first-order valence-electron chi connectivity index (χ1n) is 3.87. The van der Waals surface area contributed by atoms with Gasteiger partial charge in [0.15, 0.2) is 0 Å². The molecule has 0 saturated heterocycles. The second-order valence-corrected chi connectivity index (χ2v) is 3.78. The van der Waals surface area contributed by atoms with Gasteiger partial charge in [0.25, 0.3) is 5.56 Å². The van der Waals surface area contributed by atoms with Gasteiger partial charge in [-0.25, -0.2) is 4.98 Å². The number of aromatic amines is 1. The molecule has 0 aliphatic carbocycles. The molecule has 1 N–H and O–H groups in total. The Morgan fingerprint density at radius 1 is 1.54 bits per heavy atom. The molecule has 2 aromatic heterocycles. The molecule has 0 unspecified atom stereocenters. The molecule has 3 nitrogen and oxygen atoms in total. The molecule has 2 aromatic rings. The monoisotopic (exact) mass is 192 g/mol. The van der Waals surface area contributed by atoms with Crippen molar-refractivity contribution < 1.29 is 0 Å². The van der Waals surface area contributed by atoms with E-state index in [0.717, 1.165) is 10.4 Å². The van der Waals surface area contributed by atoms with Crippen molar-refractivity contribution in [3.8, 4) is 11.3 Å². The third-order valence-electron chi connectivity index (χ3n) is 1.82.